The van der Waals surface area contributed by atoms with Crippen molar-refractivity contribution >= 4 is 21.1 Å². The normalized spacial score (nSPS) is 11.8. The molecule has 0 unspecified atom stereocenters. The lowest BCUT2D eigenvalue weighted by molar-refractivity contribution is 0.574. The molecule has 148 valence electrons. The lowest BCUT2D eigenvalue weighted by Gasteiger charge is -2.11. The summed E-state index contributed by atoms with van der Waals surface area (Å²) in [6.07, 6.45) is 0.846. The van der Waals surface area contributed by atoms with Crippen LogP contribution in [0.3, 0.4) is 0 Å². The number of rotatable bonds is 7. The van der Waals surface area contributed by atoms with E-state index in [1.165, 1.54) is 5.56 Å². The van der Waals surface area contributed by atoms with Crippen molar-refractivity contribution in [3.63, 3.8) is 0 Å². The van der Waals surface area contributed by atoms with E-state index in [2.05, 4.69) is 26.4 Å². The monoisotopic (exact) mass is 405 g/mol. The third kappa shape index (κ3) is 4.39. The third-order valence-electron chi connectivity index (χ3n) is 4.95. The average molecular weight is 406 g/mol. The molecule has 0 saturated heterocycles. The Bertz CT molecular complexity index is 1210. The van der Waals surface area contributed by atoms with E-state index in [1.807, 2.05) is 49.4 Å². The van der Waals surface area contributed by atoms with Crippen molar-refractivity contribution in [3.05, 3.63) is 95.8 Å². The van der Waals surface area contributed by atoms with E-state index in [0.29, 0.717) is 5.82 Å². The highest BCUT2D eigenvalue weighted by Gasteiger charge is 2.17. The lowest BCUT2D eigenvalue weighted by atomic mass is 10.1. The lowest BCUT2D eigenvalue weighted by Crippen LogP contribution is -2.25. The highest BCUT2D eigenvalue weighted by molar-refractivity contribution is 7.89. The number of hydrogen-bond acceptors (Lipinski definition) is 3. The first-order valence-corrected chi connectivity index (χ1v) is 11.1. The van der Waals surface area contributed by atoms with Crippen LogP contribution in [-0.4, -0.2) is 18.0 Å². The Morgan fingerprint density at radius 2 is 1.59 bits per heavy atom. The van der Waals surface area contributed by atoms with Crippen molar-refractivity contribution in [2.45, 2.75) is 31.3 Å². The molecule has 0 radical (unpaired) electrons. The van der Waals surface area contributed by atoms with Gasteiger partial charge in [0.25, 0.3) is 0 Å². The summed E-state index contributed by atoms with van der Waals surface area (Å²) in [6.45, 7) is 2.80. The second kappa shape index (κ2) is 8.19. The molecule has 1 aromatic heterocycles. The van der Waals surface area contributed by atoms with Gasteiger partial charge in [0.15, 0.2) is 0 Å². The number of aryl methyl sites for hydroxylation is 3. The Hall–Kier alpha value is -2.96. The number of aromatic nitrogens is 2. The molecule has 0 aliphatic rings. The van der Waals surface area contributed by atoms with Crippen LogP contribution < -0.4 is 4.72 Å². The Morgan fingerprint density at radius 1 is 0.897 bits per heavy atom. The number of hydrogen-bond donors (Lipinski definition) is 1. The van der Waals surface area contributed by atoms with Crippen molar-refractivity contribution in [3.8, 4) is 0 Å². The van der Waals surface area contributed by atoms with Crippen LogP contribution in [0.5, 0.6) is 0 Å². The molecule has 0 amide bonds. The van der Waals surface area contributed by atoms with E-state index in [9.17, 15) is 8.42 Å². The van der Waals surface area contributed by atoms with Crippen LogP contribution in [-0.2, 0) is 29.5 Å². The van der Waals surface area contributed by atoms with Crippen LogP contribution in [0.2, 0.25) is 0 Å². The Kier molecular flexibility index (Phi) is 5.47. The van der Waals surface area contributed by atoms with E-state index in [0.717, 1.165) is 29.6 Å². The summed E-state index contributed by atoms with van der Waals surface area (Å²) in [5, 5.41) is 0. The Labute approximate surface area is 171 Å². The summed E-state index contributed by atoms with van der Waals surface area (Å²) < 4.78 is 30.1. The Morgan fingerprint density at radius 3 is 2.34 bits per heavy atom. The van der Waals surface area contributed by atoms with Crippen molar-refractivity contribution in [1.82, 2.24) is 14.3 Å². The van der Waals surface area contributed by atoms with E-state index < -0.39 is 10.0 Å². The topological polar surface area (TPSA) is 64.0 Å². The number of benzene rings is 3. The summed E-state index contributed by atoms with van der Waals surface area (Å²) >= 11 is 0. The molecule has 0 atom stereocenters. The third-order valence-corrected chi connectivity index (χ3v) is 6.37. The van der Waals surface area contributed by atoms with E-state index in [1.54, 1.807) is 24.3 Å². The summed E-state index contributed by atoms with van der Waals surface area (Å²) in [6, 6.07) is 25.0. The van der Waals surface area contributed by atoms with Crippen LogP contribution in [0.4, 0.5) is 0 Å². The van der Waals surface area contributed by atoms with Gasteiger partial charge in [-0.05, 0) is 43.2 Å². The fourth-order valence-electron chi connectivity index (χ4n) is 3.36. The van der Waals surface area contributed by atoms with Crippen LogP contribution in [0.15, 0.2) is 83.8 Å². The number of sulfonamides is 1. The van der Waals surface area contributed by atoms with Gasteiger partial charge in [-0.2, -0.15) is 0 Å². The van der Waals surface area contributed by atoms with Gasteiger partial charge in [-0.25, -0.2) is 18.1 Å². The molecule has 29 heavy (non-hydrogen) atoms. The predicted molar refractivity (Wildman–Crippen MR) is 115 cm³/mol. The van der Waals surface area contributed by atoms with Gasteiger partial charge in [0.2, 0.25) is 10.0 Å². The van der Waals surface area contributed by atoms with Gasteiger partial charge in [-0.1, -0.05) is 60.2 Å². The maximum absolute atomic E-state index is 12.7. The molecule has 1 heterocycles. The first-order chi connectivity index (χ1) is 14.0. The molecule has 5 nitrogen and oxygen atoms in total. The fourth-order valence-corrected chi connectivity index (χ4v) is 4.34. The van der Waals surface area contributed by atoms with E-state index in [-0.39, 0.29) is 11.4 Å². The number of nitrogens with one attached hydrogen (secondary N) is 1. The van der Waals surface area contributed by atoms with Crippen molar-refractivity contribution in [2.75, 3.05) is 0 Å². The largest absolute Gasteiger partial charge is 0.327 e. The summed E-state index contributed by atoms with van der Waals surface area (Å²) in [4.78, 5) is 4.93. The van der Waals surface area contributed by atoms with Crippen molar-refractivity contribution in [1.29, 1.82) is 0 Å². The SMILES string of the molecule is Cc1ccc(S(=O)(=O)NCc2nc3ccccc3n2CCc2ccccc2)cc1. The van der Waals surface area contributed by atoms with Crippen LogP contribution in [0, 0.1) is 6.92 Å². The van der Waals surface area contributed by atoms with Crippen molar-refractivity contribution < 1.29 is 8.42 Å². The van der Waals surface area contributed by atoms with Gasteiger partial charge in [-0.3, -0.25) is 0 Å². The molecule has 4 rings (SSSR count). The van der Waals surface area contributed by atoms with Gasteiger partial charge in [-0.15, -0.1) is 0 Å². The molecule has 4 aromatic rings. The number of para-hydroxylation sites is 2. The maximum atomic E-state index is 12.7. The van der Waals surface area contributed by atoms with Crippen LogP contribution in [0.1, 0.15) is 17.0 Å². The summed E-state index contributed by atoms with van der Waals surface area (Å²) in [5.41, 5.74) is 4.13. The fraction of sp³-hybridized carbons (Fsp3) is 0.174. The first kappa shape index (κ1) is 19.4. The number of fused-ring (bicyclic) bond motifs is 1. The maximum Gasteiger partial charge on any atom is 0.240 e. The van der Waals surface area contributed by atoms with Gasteiger partial charge in [0.05, 0.1) is 22.5 Å². The summed E-state index contributed by atoms with van der Waals surface area (Å²) in [7, 11) is -3.60. The minimum atomic E-state index is -3.60. The highest BCUT2D eigenvalue weighted by atomic mass is 32.2. The van der Waals surface area contributed by atoms with Crippen LogP contribution in [0.25, 0.3) is 11.0 Å². The molecular weight excluding hydrogens is 382 g/mol. The summed E-state index contributed by atoms with van der Waals surface area (Å²) in [5.74, 6) is 0.706. The molecule has 3 aromatic carbocycles. The zero-order chi connectivity index (χ0) is 20.3. The molecule has 0 aliphatic carbocycles. The van der Waals surface area contributed by atoms with E-state index >= 15 is 0 Å². The molecule has 0 spiro atoms. The number of nitrogens with zero attached hydrogens (tertiary/aromatic N) is 2. The minimum Gasteiger partial charge on any atom is -0.327 e. The number of imidazole rings is 1. The standard InChI is InChI=1S/C23H23N3O2S/c1-18-11-13-20(14-12-18)29(27,28)24-17-23-25-21-9-5-6-10-22(21)26(23)16-15-19-7-3-2-4-8-19/h2-14,24H,15-17H2,1H3. The van der Waals surface area contributed by atoms with Crippen LogP contribution >= 0.6 is 0 Å². The molecule has 0 bridgehead atoms. The quantitative estimate of drug-likeness (QED) is 0.504. The second-order valence-corrected chi connectivity index (χ2v) is 8.81. The average Bonchev–Trinajstić information content (AvgIpc) is 3.09. The Balaban J connectivity index is 1.58. The highest BCUT2D eigenvalue weighted by Crippen LogP contribution is 2.18. The smallest absolute Gasteiger partial charge is 0.240 e. The minimum absolute atomic E-state index is 0.139. The van der Waals surface area contributed by atoms with Gasteiger partial charge >= 0.3 is 0 Å². The zero-order valence-electron chi connectivity index (χ0n) is 16.2. The predicted octanol–water partition coefficient (Wildman–Crippen LogP) is 4.07. The van der Waals surface area contributed by atoms with Gasteiger partial charge < -0.3 is 4.57 Å². The van der Waals surface area contributed by atoms with Crippen molar-refractivity contribution in [2.24, 2.45) is 0 Å². The molecule has 0 aliphatic heterocycles. The second-order valence-electron chi connectivity index (χ2n) is 7.04. The molecule has 1 N–H and O–H groups in total. The zero-order valence-corrected chi connectivity index (χ0v) is 17.1. The molecular formula is C23H23N3O2S. The first-order valence-electron chi connectivity index (χ1n) is 9.57. The van der Waals surface area contributed by atoms with Gasteiger partial charge in [0, 0.05) is 6.54 Å². The molecule has 0 saturated carbocycles. The molecule has 6 heteroatoms. The van der Waals surface area contributed by atoms with Gasteiger partial charge in [0.1, 0.15) is 5.82 Å². The molecule has 0 fully saturated rings. The van der Waals surface area contributed by atoms with E-state index in [4.69, 9.17) is 0 Å².